The van der Waals surface area contributed by atoms with E-state index in [1.54, 1.807) is 12.1 Å². The first-order chi connectivity index (χ1) is 11.5. The van der Waals surface area contributed by atoms with E-state index in [1.165, 1.54) is 0 Å². The zero-order valence-electron chi connectivity index (χ0n) is 16.0. The molecule has 25 heavy (non-hydrogen) atoms. The highest BCUT2D eigenvalue weighted by atomic mass is 32.2. The largest absolute Gasteiger partial charge is 0.493 e. The number of benzene rings is 2. The molecule has 0 amide bonds. The monoisotopic (exact) mass is 363 g/mol. The quantitative estimate of drug-likeness (QED) is 0.807. The van der Waals surface area contributed by atoms with E-state index in [0.29, 0.717) is 17.7 Å². The van der Waals surface area contributed by atoms with Crippen molar-refractivity contribution >= 4 is 20.8 Å². The van der Waals surface area contributed by atoms with Crippen LogP contribution in [0.2, 0.25) is 0 Å². The molecule has 0 saturated heterocycles. The standard InChI is InChI=1S/C20H29NO3S/c1-7-24-17-12-13-18(16-11-9-8-10-15(16)17)25(22,23)21-20(5,6)14-19(2,3)4/h8-13,21H,7,14H2,1-6H3. The number of hydrogen-bond acceptors (Lipinski definition) is 3. The van der Waals surface area contributed by atoms with Gasteiger partial charge < -0.3 is 4.74 Å². The second-order valence-corrected chi connectivity index (χ2v) is 9.92. The first-order valence-corrected chi connectivity index (χ1v) is 10.1. The summed E-state index contributed by atoms with van der Waals surface area (Å²) >= 11 is 0. The fourth-order valence-electron chi connectivity index (χ4n) is 3.54. The van der Waals surface area contributed by atoms with Gasteiger partial charge in [0.05, 0.1) is 11.5 Å². The normalized spacial score (nSPS) is 13.2. The molecule has 0 spiro atoms. The average Bonchev–Trinajstić information content (AvgIpc) is 2.43. The van der Waals surface area contributed by atoms with Gasteiger partial charge in [-0.2, -0.15) is 0 Å². The molecule has 4 nitrogen and oxygen atoms in total. The molecule has 5 heteroatoms. The van der Waals surface area contributed by atoms with Gasteiger partial charge in [0.15, 0.2) is 0 Å². The highest BCUT2D eigenvalue weighted by Crippen LogP contribution is 2.33. The summed E-state index contributed by atoms with van der Waals surface area (Å²) in [4.78, 5) is 0.286. The third kappa shape index (κ3) is 4.95. The van der Waals surface area contributed by atoms with Crippen molar-refractivity contribution in [1.82, 2.24) is 4.72 Å². The van der Waals surface area contributed by atoms with Crippen LogP contribution in [0, 0.1) is 5.41 Å². The molecule has 2 aromatic carbocycles. The second kappa shape index (κ2) is 6.96. The van der Waals surface area contributed by atoms with E-state index >= 15 is 0 Å². The number of ether oxygens (including phenoxy) is 1. The molecule has 138 valence electrons. The first kappa shape index (κ1) is 19.7. The maximum atomic E-state index is 13.1. The van der Waals surface area contributed by atoms with Crippen molar-refractivity contribution in [2.24, 2.45) is 5.41 Å². The predicted octanol–water partition coefficient (Wildman–Crippen LogP) is 4.73. The molecule has 2 rings (SSSR count). The number of fused-ring (bicyclic) bond motifs is 1. The second-order valence-electron chi connectivity index (χ2n) is 8.27. The van der Waals surface area contributed by atoms with E-state index in [0.717, 1.165) is 11.8 Å². The summed E-state index contributed by atoms with van der Waals surface area (Å²) in [6, 6.07) is 10.8. The van der Waals surface area contributed by atoms with Crippen LogP contribution in [-0.4, -0.2) is 20.6 Å². The van der Waals surface area contributed by atoms with E-state index < -0.39 is 15.6 Å². The minimum absolute atomic E-state index is 0.0207. The lowest BCUT2D eigenvalue weighted by Gasteiger charge is -2.33. The summed E-state index contributed by atoms with van der Waals surface area (Å²) in [5.74, 6) is 0.700. The summed E-state index contributed by atoms with van der Waals surface area (Å²) in [6.45, 7) is 12.6. The van der Waals surface area contributed by atoms with Gasteiger partial charge in [-0.15, -0.1) is 0 Å². The lowest BCUT2D eigenvalue weighted by molar-refractivity contribution is 0.269. The molecular weight excluding hydrogens is 334 g/mol. The van der Waals surface area contributed by atoms with E-state index in [9.17, 15) is 8.42 Å². The van der Waals surface area contributed by atoms with Gasteiger partial charge in [0.25, 0.3) is 0 Å². The van der Waals surface area contributed by atoms with Crippen LogP contribution in [0.25, 0.3) is 10.8 Å². The summed E-state index contributed by atoms with van der Waals surface area (Å²) in [5, 5.41) is 1.48. The fraction of sp³-hybridized carbons (Fsp3) is 0.500. The van der Waals surface area contributed by atoms with Gasteiger partial charge in [0.2, 0.25) is 10.0 Å². The molecule has 0 aromatic heterocycles. The maximum absolute atomic E-state index is 13.1. The number of sulfonamides is 1. The Morgan fingerprint density at radius 3 is 2.12 bits per heavy atom. The highest BCUT2D eigenvalue weighted by Gasteiger charge is 2.31. The molecule has 0 aliphatic rings. The lowest BCUT2D eigenvalue weighted by atomic mass is 9.82. The zero-order valence-corrected chi connectivity index (χ0v) is 16.8. The minimum Gasteiger partial charge on any atom is -0.493 e. The molecule has 0 atom stereocenters. The number of rotatable bonds is 6. The van der Waals surface area contributed by atoms with Crippen molar-refractivity contribution < 1.29 is 13.2 Å². The Bertz CT molecular complexity index is 849. The Kier molecular flexibility index (Phi) is 5.50. The summed E-state index contributed by atoms with van der Waals surface area (Å²) in [5.41, 5.74) is -0.524. The molecule has 0 radical (unpaired) electrons. The molecule has 2 aromatic rings. The maximum Gasteiger partial charge on any atom is 0.241 e. The summed E-state index contributed by atoms with van der Waals surface area (Å²) in [6.07, 6.45) is 0.730. The number of nitrogens with one attached hydrogen (secondary N) is 1. The van der Waals surface area contributed by atoms with Crippen molar-refractivity contribution in [3.63, 3.8) is 0 Å². The van der Waals surface area contributed by atoms with Crippen LogP contribution in [0.15, 0.2) is 41.3 Å². The van der Waals surface area contributed by atoms with Gasteiger partial charge >= 0.3 is 0 Å². The zero-order chi connectivity index (χ0) is 18.9. The molecule has 0 heterocycles. The molecule has 0 fully saturated rings. The van der Waals surface area contributed by atoms with Crippen molar-refractivity contribution in [1.29, 1.82) is 0 Å². The molecule has 0 saturated carbocycles. The molecular formula is C20H29NO3S. The molecule has 0 aliphatic carbocycles. The summed E-state index contributed by atoms with van der Waals surface area (Å²) in [7, 11) is -3.65. The van der Waals surface area contributed by atoms with E-state index in [1.807, 2.05) is 45.0 Å². The van der Waals surface area contributed by atoms with Crippen LogP contribution >= 0.6 is 0 Å². The van der Waals surface area contributed by atoms with E-state index in [4.69, 9.17) is 4.74 Å². The third-order valence-electron chi connectivity index (χ3n) is 3.82. The van der Waals surface area contributed by atoms with Crippen LogP contribution in [0.3, 0.4) is 0 Å². The Labute approximate surface area is 151 Å². The van der Waals surface area contributed by atoms with Gasteiger partial charge in [-0.1, -0.05) is 45.0 Å². The van der Waals surface area contributed by atoms with Crippen molar-refractivity contribution in [3.05, 3.63) is 36.4 Å². The average molecular weight is 364 g/mol. The smallest absolute Gasteiger partial charge is 0.241 e. The van der Waals surface area contributed by atoms with Crippen molar-refractivity contribution in [2.75, 3.05) is 6.61 Å². The Hall–Kier alpha value is -1.59. The number of hydrogen-bond donors (Lipinski definition) is 1. The molecule has 1 N–H and O–H groups in total. The highest BCUT2D eigenvalue weighted by molar-refractivity contribution is 7.89. The fourth-order valence-corrected chi connectivity index (χ4v) is 5.16. The van der Waals surface area contributed by atoms with Crippen LogP contribution in [-0.2, 0) is 10.0 Å². The van der Waals surface area contributed by atoms with Crippen LogP contribution < -0.4 is 9.46 Å². The van der Waals surface area contributed by atoms with E-state index in [-0.39, 0.29) is 10.3 Å². The topological polar surface area (TPSA) is 55.4 Å². The van der Waals surface area contributed by atoms with Gasteiger partial charge in [0, 0.05) is 16.3 Å². The van der Waals surface area contributed by atoms with Crippen LogP contribution in [0.4, 0.5) is 0 Å². The Morgan fingerprint density at radius 1 is 0.960 bits per heavy atom. The van der Waals surface area contributed by atoms with Crippen molar-refractivity contribution in [3.8, 4) is 5.75 Å². The van der Waals surface area contributed by atoms with Crippen LogP contribution in [0.5, 0.6) is 5.75 Å². The van der Waals surface area contributed by atoms with Crippen molar-refractivity contribution in [2.45, 2.75) is 58.4 Å². The predicted molar refractivity (Wildman–Crippen MR) is 104 cm³/mol. The van der Waals surface area contributed by atoms with Gasteiger partial charge in [-0.3, -0.25) is 0 Å². The van der Waals surface area contributed by atoms with E-state index in [2.05, 4.69) is 25.5 Å². The Morgan fingerprint density at radius 2 is 1.56 bits per heavy atom. The van der Waals surface area contributed by atoms with Gasteiger partial charge in [-0.25, -0.2) is 13.1 Å². The molecule has 0 bridgehead atoms. The lowest BCUT2D eigenvalue weighted by Crippen LogP contribution is -2.45. The Balaban J connectivity index is 2.48. The summed E-state index contributed by atoms with van der Waals surface area (Å²) < 4.78 is 34.6. The molecule has 0 unspecified atom stereocenters. The molecule has 0 aliphatic heterocycles. The minimum atomic E-state index is -3.65. The van der Waals surface area contributed by atoms with Gasteiger partial charge in [-0.05, 0) is 44.7 Å². The van der Waals surface area contributed by atoms with Crippen LogP contribution in [0.1, 0.15) is 48.0 Å². The van der Waals surface area contributed by atoms with Gasteiger partial charge in [0.1, 0.15) is 5.75 Å². The third-order valence-corrected chi connectivity index (χ3v) is 5.57. The SMILES string of the molecule is CCOc1ccc(S(=O)(=O)NC(C)(C)CC(C)(C)C)c2ccccc12. The first-order valence-electron chi connectivity index (χ1n) is 8.64.